The van der Waals surface area contributed by atoms with E-state index in [1.54, 1.807) is 0 Å². The van der Waals surface area contributed by atoms with Gasteiger partial charge >= 0.3 is 0 Å². The molecule has 0 fully saturated rings. The topological polar surface area (TPSA) is 46.2 Å². The molecule has 2 aromatic rings. The van der Waals surface area contributed by atoms with E-state index in [0.717, 1.165) is 11.1 Å². The number of hydrogen-bond acceptors (Lipinski definition) is 2. The van der Waals surface area contributed by atoms with Gasteiger partial charge in [0.05, 0.1) is 0 Å². The minimum absolute atomic E-state index is 0.589. The van der Waals surface area contributed by atoms with E-state index in [0.29, 0.717) is 12.1 Å². The molecular formula is C15H17NO. The fraction of sp³-hybridized carbons (Fsp3) is 0.200. The van der Waals surface area contributed by atoms with Gasteiger partial charge in [-0.05, 0) is 18.1 Å². The summed E-state index contributed by atoms with van der Waals surface area (Å²) in [6.45, 7) is 1.96. The van der Waals surface area contributed by atoms with E-state index in [2.05, 4.69) is 0 Å². The van der Waals surface area contributed by atoms with Crippen LogP contribution in [0.1, 0.15) is 24.5 Å². The molecule has 0 heterocycles. The third-order valence-electron chi connectivity index (χ3n) is 3.17. The summed E-state index contributed by atoms with van der Waals surface area (Å²) in [5.74, 6) is 0. The normalized spacial score (nSPS) is 14.2. The smallest absolute Gasteiger partial charge is 0.116 e. The van der Waals surface area contributed by atoms with Gasteiger partial charge in [0.1, 0.15) is 5.60 Å². The summed E-state index contributed by atoms with van der Waals surface area (Å²) in [6.07, 6.45) is 0.589. The highest BCUT2D eigenvalue weighted by Crippen LogP contribution is 2.35. The largest absolute Gasteiger partial charge is 0.398 e. The SMILES string of the molecule is CC[C@](O)(c1ccccc1)c1ccccc1N. The second-order valence-corrected chi connectivity index (χ2v) is 4.17. The van der Waals surface area contributed by atoms with Crippen LogP contribution in [-0.4, -0.2) is 5.11 Å². The molecule has 0 spiro atoms. The first-order valence-corrected chi connectivity index (χ1v) is 5.81. The van der Waals surface area contributed by atoms with Crippen LogP contribution in [-0.2, 0) is 5.60 Å². The lowest BCUT2D eigenvalue weighted by atomic mass is 9.83. The third kappa shape index (κ3) is 2.04. The highest BCUT2D eigenvalue weighted by Gasteiger charge is 2.30. The van der Waals surface area contributed by atoms with E-state index >= 15 is 0 Å². The molecule has 2 heteroatoms. The number of nitrogen functional groups attached to an aromatic ring is 1. The van der Waals surface area contributed by atoms with Gasteiger partial charge < -0.3 is 10.8 Å². The Kier molecular flexibility index (Phi) is 3.16. The van der Waals surface area contributed by atoms with E-state index in [-0.39, 0.29) is 0 Å². The zero-order valence-corrected chi connectivity index (χ0v) is 9.93. The fourth-order valence-corrected chi connectivity index (χ4v) is 2.14. The van der Waals surface area contributed by atoms with Gasteiger partial charge in [-0.2, -0.15) is 0 Å². The van der Waals surface area contributed by atoms with Crippen molar-refractivity contribution in [2.75, 3.05) is 5.73 Å². The lowest BCUT2D eigenvalue weighted by molar-refractivity contribution is 0.0773. The van der Waals surface area contributed by atoms with E-state index in [1.807, 2.05) is 61.5 Å². The number of hydrogen-bond donors (Lipinski definition) is 2. The molecule has 0 aromatic heterocycles. The summed E-state index contributed by atoms with van der Waals surface area (Å²) in [5.41, 5.74) is 7.23. The molecule has 0 radical (unpaired) electrons. The van der Waals surface area contributed by atoms with Crippen LogP contribution < -0.4 is 5.73 Å². The molecule has 0 amide bonds. The van der Waals surface area contributed by atoms with E-state index < -0.39 is 5.60 Å². The fourth-order valence-electron chi connectivity index (χ4n) is 2.14. The number of aliphatic hydroxyl groups is 1. The molecule has 0 bridgehead atoms. The molecule has 0 unspecified atom stereocenters. The second-order valence-electron chi connectivity index (χ2n) is 4.17. The molecule has 17 heavy (non-hydrogen) atoms. The lowest BCUT2D eigenvalue weighted by Gasteiger charge is -2.29. The summed E-state index contributed by atoms with van der Waals surface area (Å²) < 4.78 is 0. The third-order valence-corrected chi connectivity index (χ3v) is 3.17. The van der Waals surface area contributed by atoms with Gasteiger partial charge in [0.2, 0.25) is 0 Å². The Morgan fingerprint density at radius 1 is 1.00 bits per heavy atom. The van der Waals surface area contributed by atoms with Crippen LogP contribution in [0.25, 0.3) is 0 Å². The lowest BCUT2D eigenvalue weighted by Crippen LogP contribution is -2.27. The van der Waals surface area contributed by atoms with Crippen LogP contribution in [0.4, 0.5) is 5.69 Å². The molecule has 2 aromatic carbocycles. The predicted octanol–water partition coefficient (Wildman–Crippen LogP) is 2.91. The van der Waals surface area contributed by atoms with Crippen LogP contribution in [0, 0.1) is 0 Å². The van der Waals surface area contributed by atoms with Gasteiger partial charge in [0.25, 0.3) is 0 Å². The van der Waals surface area contributed by atoms with Crippen molar-refractivity contribution in [3.05, 3.63) is 65.7 Å². The first-order valence-electron chi connectivity index (χ1n) is 5.81. The quantitative estimate of drug-likeness (QED) is 0.792. The average molecular weight is 227 g/mol. The first-order chi connectivity index (χ1) is 8.18. The van der Waals surface area contributed by atoms with Crippen molar-refractivity contribution in [2.24, 2.45) is 0 Å². The molecule has 0 aliphatic heterocycles. The molecule has 2 rings (SSSR count). The number of para-hydroxylation sites is 1. The molecule has 3 N–H and O–H groups in total. The summed E-state index contributed by atoms with van der Waals surface area (Å²) in [4.78, 5) is 0. The monoisotopic (exact) mass is 227 g/mol. The number of rotatable bonds is 3. The summed E-state index contributed by atoms with van der Waals surface area (Å²) in [6, 6.07) is 17.1. The summed E-state index contributed by atoms with van der Waals surface area (Å²) in [7, 11) is 0. The van der Waals surface area contributed by atoms with Gasteiger partial charge in [-0.25, -0.2) is 0 Å². The zero-order valence-electron chi connectivity index (χ0n) is 9.93. The Bertz CT molecular complexity index is 495. The van der Waals surface area contributed by atoms with Gasteiger partial charge in [0, 0.05) is 11.3 Å². The second kappa shape index (κ2) is 4.60. The standard InChI is InChI=1S/C15H17NO/c1-2-15(17,12-8-4-3-5-9-12)13-10-6-7-11-14(13)16/h3-11,17H,2,16H2,1H3/t15-/m0/s1. The highest BCUT2D eigenvalue weighted by atomic mass is 16.3. The van der Waals surface area contributed by atoms with E-state index in [1.165, 1.54) is 0 Å². The van der Waals surface area contributed by atoms with Gasteiger partial charge in [-0.15, -0.1) is 0 Å². The Labute approximate surface area is 102 Å². The first kappa shape index (κ1) is 11.7. The van der Waals surface area contributed by atoms with Crippen molar-refractivity contribution in [2.45, 2.75) is 18.9 Å². The van der Waals surface area contributed by atoms with Crippen molar-refractivity contribution in [3.8, 4) is 0 Å². The van der Waals surface area contributed by atoms with Crippen LogP contribution in [0.2, 0.25) is 0 Å². The number of benzene rings is 2. The van der Waals surface area contributed by atoms with Crippen molar-refractivity contribution >= 4 is 5.69 Å². The Morgan fingerprint density at radius 2 is 1.59 bits per heavy atom. The van der Waals surface area contributed by atoms with Gasteiger partial charge in [-0.1, -0.05) is 55.5 Å². The van der Waals surface area contributed by atoms with Crippen molar-refractivity contribution in [1.82, 2.24) is 0 Å². The van der Waals surface area contributed by atoms with Crippen LogP contribution in [0.3, 0.4) is 0 Å². The van der Waals surface area contributed by atoms with Crippen molar-refractivity contribution < 1.29 is 5.11 Å². The molecule has 0 saturated heterocycles. The Balaban J connectivity index is 2.56. The van der Waals surface area contributed by atoms with E-state index in [4.69, 9.17) is 5.73 Å². The maximum absolute atomic E-state index is 10.9. The zero-order chi connectivity index (χ0) is 12.3. The van der Waals surface area contributed by atoms with Gasteiger partial charge in [0.15, 0.2) is 0 Å². The van der Waals surface area contributed by atoms with Crippen LogP contribution in [0.15, 0.2) is 54.6 Å². The molecular weight excluding hydrogens is 210 g/mol. The minimum atomic E-state index is -1.01. The van der Waals surface area contributed by atoms with Gasteiger partial charge in [-0.3, -0.25) is 0 Å². The molecule has 88 valence electrons. The Morgan fingerprint density at radius 3 is 2.18 bits per heavy atom. The summed E-state index contributed by atoms with van der Waals surface area (Å²) >= 11 is 0. The molecule has 0 saturated carbocycles. The summed E-state index contributed by atoms with van der Waals surface area (Å²) in [5, 5.41) is 10.9. The highest BCUT2D eigenvalue weighted by molar-refractivity contribution is 5.53. The van der Waals surface area contributed by atoms with Crippen molar-refractivity contribution in [1.29, 1.82) is 0 Å². The molecule has 1 atom stereocenters. The van der Waals surface area contributed by atoms with E-state index in [9.17, 15) is 5.11 Å². The van der Waals surface area contributed by atoms with Crippen LogP contribution >= 0.6 is 0 Å². The minimum Gasteiger partial charge on any atom is -0.398 e. The Hall–Kier alpha value is -1.80. The molecule has 2 nitrogen and oxygen atoms in total. The molecule has 0 aliphatic carbocycles. The van der Waals surface area contributed by atoms with Crippen LogP contribution in [0.5, 0.6) is 0 Å². The molecule has 0 aliphatic rings. The maximum Gasteiger partial charge on any atom is 0.116 e. The van der Waals surface area contributed by atoms with Crippen molar-refractivity contribution in [3.63, 3.8) is 0 Å². The maximum atomic E-state index is 10.9. The predicted molar refractivity (Wildman–Crippen MR) is 70.6 cm³/mol. The number of nitrogens with two attached hydrogens (primary N) is 1. The number of anilines is 1. The average Bonchev–Trinajstić information content (AvgIpc) is 2.39.